The van der Waals surface area contributed by atoms with Crippen molar-refractivity contribution in [3.05, 3.63) is 64.2 Å². The molecule has 1 amide bonds. The maximum Gasteiger partial charge on any atom is 0.410 e. The zero-order valence-corrected chi connectivity index (χ0v) is 24.6. The van der Waals surface area contributed by atoms with Crippen LogP contribution in [0.25, 0.3) is 10.9 Å². The standard InChI is InChI=1S/C31H39N7O4/c1-30(2,3)42-29(39)37-20-31(21-37)13-16-35(17-14-31)24-18-36(19-24)28-33-26-7-5-4-6-25(26)27(34-28)32-15-12-22-8-10-23(11-9-22)38(40)41/h4-11,24H,12-21H2,1-3H3,(H,32,33,34). The van der Waals surface area contributed by atoms with Crippen LogP contribution in [-0.2, 0) is 11.2 Å². The summed E-state index contributed by atoms with van der Waals surface area (Å²) in [6.07, 6.45) is 2.75. The van der Waals surface area contributed by atoms with Crippen molar-refractivity contribution < 1.29 is 14.5 Å². The minimum atomic E-state index is -0.458. The van der Waals surface area contributed by atoms with Crippen molar-refractivity contribution in [2.45, 2.75) is 51.7 Å². The lowest BCUT2D eigenvalue weighted by molar-refractivity contribution is -0.384. The quantitative estimate of drug-likeness (QED) is 0.317. The Balaban J connectivity index is 1.02. The Morgan fingerprint density at radius 1 is 1.07 bits per heavy atom. The lowest BCUT2D eigenvalue weighted by Gasteiger charge is -2.56. The van der Waals surface area contributed by atoms with Gasteiger partial charge in [0.2, 0.25) is 5.95 Å². The molecule has 1 aromatic heterocycles. The molecule has 0 aliphatic carbocycles. The molecule has 42 heavy (non-hydrogen) atoms. The topological polar surface area (TPSA) is 117 Å². The molecular formula is C31H39N7O4. The number of piperidine rings is 1. The highest BCUT2D eigenvalue weighted by Gasteiger charge is 2.49. The fourth-order valence-corrected chi connectivity index (χ4v) is 6.20. The first kappa shape index (κ1) is 28.1. The van der Waals surface area contributed by atoms with Crippen LogP contribution in [0.15, 0.2) is 48.5 Å². The number of rotatable bonds is 7. The molecule has 1 spiro atoms. The lowest BCUT2D eigenvalue weighted by atomic mass is 9.72. The van der Waals surface area contributed by atoms with Crippen LogP contribution in [0.2, 0.25) is 0 Å². The zero-order valence-electron chi connectivity index (χ0n) is 24.6. The van der Waals surface area contributed by atoms with E-state index in [4.69, 9.17) is 14.7 Å². The Morgan fingerprint density at radius 3 is 2.43 bits per heavy atom. The number of hydrogen-bond acceptors (Lipinski definition) is 9. The third-order valence-corrected chi connectivity index (χ3v) is 8.67. The number of likely N-dealkylation sites (tertiary alicyclic amines) is 2. The van der Waals surface area contributed by atoms with Gasteiger partial charge in [0, 0.05) is 61.7 Å². The van der Waals surface area contributed by atoms with E-state index in [9.17, 15) is 14.9 Å². The first-order valence-electron chi connectivity index (χ1n) is 14.8. The lowest BCUT2D eigenvalue weighted by Crippen LogP contribution is -2.66. The summed E-state index contributed by atoms with van der Waals surface area (Å²) in [6, 6.07) is 15.2. The summed E-state index contributed by atoms with van der Waals surface area (Å²) in [5.74, 6) is 1.55. The molecule has 3 aromatic rings. The molecule has 0 saturated carbocycles. The number of carbonyl (C=O) groups is 1. The first-order chi connectivity index (χ1) is 20.1. The van der Waals surface area contributed by atoms with Crippen LogP contribution >= 0.6 is 0 Å². The maximum atomic E-state index is 12.4. The van der Waals surface area contributed by atoms with E-state index in [0.717, 1.165) is 86.8 Å². The van der Waals surface area contributed by atoms with Gasteiger partial charge in [-0.2, -0.15) is 4.98 Å². The van der Waals surface area contributed by atoms with Gasteiger partial charge in [-0.25, -0.2) is 9.78 Å². The second-order valence-corrected chi connectivity index (χ2v) is 12.9. The number of aromatic nitrogens is 2. The molecule has 3 aliphatic rings. The summed E-state index contributed by atoms with van der Waals surface area (Å²) < 4.78 is 5.54. The van der Waals surface area contributed by atoms with Gasteiger partial charge in [0.05, 0.1) is 10.4 Å². The smallest absolute Gasteiger partial charge is 0.410 e. The van der Waals surface area contributed by atoms with Gasteiger partial charge < -0.3 is 19.9 Å². The summed E-state index contributed by atoms with van der Waals surface area (Å²) in [7, 11) is 0. The van der Waals surface area contributed by atoms with Gasteiger partial charge in [0.25, 0.3) is 5.69 Å². The number of hydrogen-bond donors (Lipinski definition) is 1. The van der Waals surface area contributed by atoms with Gasteiger partial charge in [-0.05, 0) is 70.8 Å². The molecule has 2 aromatic carbocycles. The Morgan fingerprint density at radius 2 is 1.76 bits per heavy atom. The third-order valence-electron chi connectivity index (χ3n) is 8.67. The predicted octanol–water partition coefficient (Wildman–Crippen LogP) is 4.71. The highest BCUT2D eigenvalue weighted by Crippen LogP contribution is 2.42. The van der Waals surface area contributed by atoms with Crippen molar-refractivity contribution >= 4 is 34.4 Å². The molecule has 3 aliphatic heterocycles. The largest absolute Gasteiger partial charge is 0.444 e. The van der Waals surface area contributed by atoms with Crippen molar-refractivity contribution in [3.8, 4) is 0 Å². The average Bonchev–Trinajstić information content (AvgIpc) is 2.91. The van der Waals surface area contributed by atoms with Crippen molar-refractivity contribution in [3.63, 3.8) is 0 Å². The maximum absolute atomic E-state index is 12.4. The number of nitro benzene ring substituents is 1. The number of non-ortho nitro benzene ring substituents is 1. The fourth-order valence-electron chi connectivity index (χ4n) is 6.20. The van der Waals surface area contributed by atoms with Crippen LogP contribution in [-0.4, -0.2) is 88.2 Å². The predicted molar refractivity (Wildman–Crippen MR) is 162 cm³/mol. The summed E-state index contributed by atoms with van der Waals surface area (Å²) in [5, 5.41) is 15.4. The van der Waals surface area contributed by atoms with E-state index in [2.05, 4.69) is 15.1 Å². The summed E-state index contributed by atoms with van der Waals surface area (Å²) >= 11 is 0. The molecule has 222 valence electrons. The van der Waals surface area contributed by atoms with E-state index in [1.807, 2.05) is 49.9 Å². The molecule has 0 bridgehead atoms. The number of anilines is 2. The van der Waals surface area contributed by atoms with Crippen LogP contribution in [0.3, 0.4) is 0 Å². The first-order valence-corrected chi connectivity index (χ1v) is 14.8. The van der Waals surface area contributed by atoms with E-state index in [1.54, 1.807) is 24.3 Å². The zero-order chi connectivity index (χ0) is 29.5. The van der Waals surface area contributed by atoms with Gasteiger partial charge in [-0.3, -0.25) is 15.0 Å². The van der Waals surface area contributed by atoms with Gasteiger partial charge in [-0.1, -0.05) is 24.3 Å². The monoisotopic (exact) mass is 573 g/mol. The molecule has 4 heterocycles. The summed E-state index contributed by atoms with van der Waals surface area (Å²) in [4.78, 5) is 39.4. The highest BCUT2D eigenvalue weighted by molar-refractivity contribution is 5.90. The van der Waals surface area contributed by atoms with E-state index >= 15 is 0 Å². The Hall–Kier alpha value is -3.99. The van der Waals surface area contributed by atoms with Gasteiger partial charge >= 0.3 is 6.09 Å². The van der Waals surface area contributed by atoms with Gasteiger partial charge in [0.1, 0.15) is 11.4 Å². The number of nitro groups is 1. The van der Waals surface area contributed by atoms with Crippen molar-refractivity contribution in [1.29, 1.82) is 0 Å². The van der Waals surface area contributed by atoms with Crippen LogP contribution in [0.4, 0.5) is 22.2 Å². The van der Waals surface area contributed by atoms with Crippen molar-refractivity contribution in [2.24, 2.45) is 5.41 Å². The molecule has 6 rings (SSSR count). The average molecular weight is 574 g/mol. The minimum absolute atomic E-state index is 0.0999. The highest BCUT2D eigenvalue weighted by atomic mass is 16.6. The van der Waals surface area contributed by atoms with Crippen LogP contribution in [0.1, 0.15) is 39.2 Å². The number of carbonyl (C=O) groups excluding carboxylic acids is 1. The Labute approximate surface area is 246 Å². The Kier molecular flexibility index (Phi) is 7.38. The molecule has 0 unspecified atom stereocenters. The SMILES string of the molecule is CC(C)(C)OC(=O)N1CC2(CCN(C3CN(c4nc(NCCc5ccc([N+](=O)[O-])cc5)c5ccccc5n4)C3)CC2)C1. The molecule has 1 N–H and O–H groups in total. The number of fused-ring (bicyclic) bond motifs is 1. The molecule has 11 heteroatoms. The number of benzene rings is 2. The molecule has 3 fully saturated rings. The molecule has 0 atom stereocenters. The molecule has 0 radical (unpaired) electrons. The molecule has 3 saturated heterocycles. The molecular weight excluding hydrogens is 534 g/mol. The van der Waals surface area contributed by atoms with Gasteiger partial charge in [0.15, 0.2) is 0 Å². The third kappa shape index (κ3) is 5.97. The van der Waals surface area contributed by atoms with Crippen LogP contribution < -0.4 is 10.2 Å². The number of para-hydroxylation sites is 1. The Bertz CT molecular complexity index is 1450. The number of amides is 1. The fraction of sp³-hybridized carbons (Fsp3) is 0.516. The van der Waals surface area contributed by atoms with Crippen molar-refractivity contribution in [1.82, 2.24) is 19.8 Å². The van der Waals surface area contributed by atoms with Gasteiger partial charge in [-0.15, -0.1) is 0 Å². The number of nitrogens with zero attached hydrogens (tertiary/aromatic N) is 6. The minimum Gasteiger partial charge on any atom is -0.444 e. The normalized spacial score (nSPS) is 18.9. The summed E-state index contributed by atoms with van der Waals surface area (Å²) in [6.45, 7) is 11.9. The van der Waals surface area contributed by atoms with E-state index in [-0.39, 0.29) is 22.1 Å². The second-order valence-electron chi connectivity index (χ2n) is 12.9. The number of nitrogens with one attached hydrogen (secondary N) is 1. The number of ether oxygens (including phenoxy) is 1. The van der Waals surface area contributed by atoms with Crippen LogP contribution in [0.5, 0.6) is 0 Å². The van der Waals surface area contributed by atoms with Crippen LogP contribution in [0, 0.1) is 15.5 Å². The second kappa shape index (κ2) is 11.0. The molecule has 11 nitrogen and oxygen atoms in total. The van der Waals surface area contributed by atoms with E-state index in [1.165, 1.54) is 0 Å². The van der Waals surface area contributed by atoms with Crippen molar-refractivity contribution in [2.75, 3.05) is 56.0 Å². The van der Waals surface area contributed by atoms with E-state index < -0.39 is 5.60 Å². The summed E-state index contributed by atoms with van der Waals surface area (Å²) in [5.41, 5.74) is 1.82. The van der Waals surface area contributed by atoms with E-state index in [0.29, 0.717) is 12.6 Å².